The smallest absolute Gasteiger partial charge is 0.254 e. The van der Waals surface area contributed by atoms with Crippen molar-refractivity contribution >= 4 is 0 Å². The molecule has 40 valence electrons. The van der Waals surface area contributed by atoms with Gasteiger partial charge in [0.05, 0.1) is 6.61 Å². The van der Waals surface area contributed by atoms with Gasteiger partial charge in [-0.1, -0.05) is 0 Å². The van der Waals surface area contributed by atoms with Gasteiger partial charge in [0.15, 0.2) is 0 Å². The molecule has 2 nitrogen and oxygen atoms in total. The molecule has 0 aromatic carbocycles. The van der Waals surface area contributed by atoms with Crippen LogP contribution in [0, 0.1) is 6.73 Å². The van der Waals surface area contributed by atoms with E-state index in [1.807, 2.05) is 22.9 Å². The molecule has 1 aromatic rings. The highest BCUT2D eigenvalue weighted by Gasteiger charge is 2.08. The molecule has 0 bridgehead atoms. The van der Waals surface area contributed by atoms with Gasteiger partial charge in [-0.05, 0) is 12.1 Å². The lowest BCUT2D eigenvalue weighted by molar-refractivity contribution is 0.211. The lowest BCUT2D eigenvalue weighted by Crippen LogP contribution is -1.83. The third-order valence-electron chi connectivity index (χ3n) is 1.22. The second-order valence-corrected chi connectivity index (χ2v) is 1.75. The van der Waals surface area contributed by atoms with Crippen LogP contribution in [0.2, 0.25) is 0 Å². The van der Waals surface area contributed by atoms with Crippen LogP contribution in [0.5, 0.6) is 0 Å². The van der Waals surface area contributed by atoms with Gasteiger partial charge in [-0.25, -0.2) is 0 Å². The van der Waals surface area contributed by atoms with Crippen LogP contribution in [0.3, 0.4) is 0 Å². The Balaban J connectivity index is 2.54. The molecule has 0 fully saturated rings. The zero-order valence-corrected chi connectivity index (χ0v) is 4.29. The highest BCUT2D eigenvalue weighted by molar-refractivity contribution is 5.10. The number of aromatic nitrogens is 1. The summed E-state index contributed by atoms with van der Waals surface area (Å²) < 4.78 is 6.72. The summed E-state index contributed by atoms with van der Waals surface area (Å²) in [6, 6.07) is 3.99. The van der Waals surface area contributed by atoms with Crippen LogP contribution >= 0.6 is 0 Å². The zero-order chi connectivity index (χ0) is 5.40. The van der Waals surface area contributed by atoms with Gasteiger partial charge >= 0.3 is 0 Å². The molecular formula is C6H5NO. The molecule has 0 saturated heterocycles. The summed E-state index contributed by atoms with van der Waals surface area (Å²) in [5, 5.41) is 0. The van der Waals surface area contributed by atoms with Crippen molar-refractivity contribution in [1.29, 1.82) is 0 Å². The van der Waals surface area contributed by atoms with Crippen molar-refractivity contribution in [3.8, 4) is 0 Å². The second-order valence-electron chi connectivity index (χ2n) is 1.75. The third-order valence-corrected chi connectivity index (χ3v) is 1.22. The Kier molecular flexibility index (Phi) is 0.704. The topological polar surface area (TPSA) is 14.2 Å². The van der Waals surface area contributed by atoms with Crippen LogP contribution in [0.25, 0.3) is 0 Å². The minimum Gasteiger partial charge on any atom is -0.340 e. The summed E-state index contributed by atoms with van der Waals surface area (Å²) in [5.41, 5.74) is 1.17. The van der Waals surface area contributed by atoms with E-state index in [1.165, 1.54) is 5.69 Å². The minimum absolute atomic E-state index is 0.674. The molecule has 0 unspecified atom stereocenters. The largest absolute Gasteiger partial charge is 0.340 e. The zero-order valence-electron chi connectivity index (χ0n) is 4.29. The van der Waals surface area contributed by atoms with Crippen molar-refractivity contribution in [2.45, 2.75) is 6.61 Å². The predicted molar refractivity (Wildman–Crippen MR) is 27.9 cm³/mol. The molecule has 0 N–H and O–H groups in total. The van der Waals surface area contributed by atoms with Gasteiger partial charge in [0.2, 0.25) is 0 Å². The molecule has 2 heteroatoms. The number of hydrogen-bond donors (Lipinski definition) is 0. The van der Waals surface area contributed by atoms with Crippen molar-refractivity contribution < 1.29 is 4.74 Å². The summed E-state index contributed by atoms with van der Waals surface area (Å²) in [4.78, 5) is 0. The van der Waals surface area contributed by atoms with Gasteiger partial charge in [-0.2, -0.15) is 0 Å². The lowest BCUT2D eigenvalue weighted by atomic mass is 10.5. The number of hydrogen-bond acceptors (Lipinski definition) is 1. The molecule has 1 aliphatic heterocycles. The quantitative estimate of drug-likeness (QED) is 0.479. The predicted octanol–water partition coefficient (Wildman–Crippen LogP) is 0.863. The van der Waals surface area contributed by atoms with E-state index in [-0.39, 0.29) is 0 Å². The minimum atomic E-state index is 0.674. The van der Waals surface area contributed by atoms with Crippen molar-refractivity contribution in [3.05, 3.63) is 30.8 Å². The average Bonchev–Trinajstić information content (AvgIpc) is 2.15. The first-order chi connectivity index (χ1) is 3.97. The molecule has 0 aliphatic carbocycles. The summed E-state index contributed by atoms with van der Waals surface area (Å²) in [7, 11) is 0. The Morgan fingerprint density at radius 2 is 2.75 bits per heavy atom. The maximum atomic E-state index is 4.87. The molecule has 2 rings (SSSR count). The van der Waals surface area contributed by atoms with E-state index in [0.29, 0.717) is 6.61 Å². The Morgan fingerprint density at radius 3 is 3.62 bits per heavy atom. The normalized spacial score (nSPS) is 16.5. The fourth-order valence-electron chi connectivity index (χ4n) is 0.799. The second kappa shape index (κ2) is 1.36. The molecule has 0 amide bonds. The Morgan fingerprint density at radius 1 is 1.75 bits per heavy atom. The van der Waals surface area contributed by atoms with Crippen molar-refractivity contribution in [3.63, 3.8) is 0 Å². The summed E-state index contributed by atoms with van der Waals surface area (Å²) in [6.07, 6.45) is 1.92. The number of rotatable bonds is 0. The van der Waals surface area contributed by atoms with E-state index in [2.05, 4.69) is 6.73 Å². The van der Waals surface area contributed by atoms with Gasteiger partial charge in [0.1, 0.15) is 0 Å². The van der Waals surface area contributed by atoms with E-state index in [0.717, 1.165) is 0 Å². The summed E-state index contributed by atoms with van der Waals surface area (Å²) in [6.45, 7) is 3.37. The van der Waals surface area contributed by atoms with Crippen molar-refractivity contribution in [1.82, 2.24) is 4.57 Å². The maximum absolute atomic E-state index is 4.87. The van der Waals surface area contributed by atoms with E-state index >= 15 is 0 Å². The highest BCUT2D eigenvalue weighted by atomic mass is 16.5. The molecule has 0 spiro atoms. The van der Waals surface area contributed by atoms with Crippen LogP contribution in [0.4, 0.5) is 0 Å². The molecule has 2 heterocycles. The van der Waals surface area contributed by atoms with Gasteiger partial charge < -0.3 is 9.30 Å². The summed E-state index contributed by atoms with van der Waals surface area (Å²) in [5.74, 6) is 0. The number of fused-ring (bicyclic) bond motifs is 1. The first kappa shape index (κ1) is 4.15. The van der Waals surface area contributed by atoms with Crippen LogP contribution in [0.15, 0.2) is 18.3 Å². The van der Waals surface area contributed by atoms with Crippen LogP contribution in [-0.4, -0.2) is 4.57 Å². The SMILES string of the molecule is [C]1OCc2cccn21. The van der Waals surface area contributed by atoms with Crippen molar-refractivity contribution in [2.24, 2.45) is 0 Å². The fourth-order valence-corrected chi connectivity index (χ4v) is 0.799. The molecule has 1 aromatic heterocycles. The van der Waals surface area contributed by atoms with E-state index in [4.69, 9.17) is 4.74 Å². The monoisotopic (exact) mass is 107 g/mol. The maximum Gasteiger partial charge on any atom is 0.254 e. The molecular weight excluding hydrogens is 102 g/mol. The first-order valence-corrected chi connectivity index (χ1v) is 2.51. The van der Waals surface area contributed by atoms with Gasteiger partial charge in [0, 0.05) is 11.9 Å². The highest BCUT2D eigenvalue weighted by Crippen LogP contribution is 2.12. The standard InChI is InChI=1S/C6H5NO/c1-2-6-4-8-5-7(6)3-1/h1-3H,4H2. The molecule has 0 atom stereocenters. The summed E-state index contributed by atoms with van der Waals surface area (Å²) >= 11 is 0. The molecule has 0 saturated carbocycles. The van der Waals surface area contributed by atoms with Gasteiger partial charge in [0.25, 0.3) is 6.73 Å². The Hall–Kier alpha value is -0.760. The Bertz CT molecular complexity index is 174. The molecule has 1 aliphatic rings. The van der Waals surface area contributed by atoms with Crippen molar-refractivity contribution in [2.75, 3.05) is 0 Å². The van der Waals surface area contributed by atoms with Crippen LogP contribution in [0.1, 0.15) is 5.69 Å². The van der Waals surface area contributed by atoms with E-state index in [1.54, 1.807) is 0 Å². The van der Waals surface area contributed by atoms with E-state index in [9.17, 15) is 0 Å². The fraction of sp³-hybridized carbons (Fsp3) is 0.167. The van der Waals surface area contributed by atoms with E-state index < -0.39 is 0 Å². The molecule has 8 heavy (non-hydrogen) atoms. The first-order valence-electron chi connectivity index (χ1n) is 2.51. The van der Waals surface area contributed by atoms with Crippen LogP contribution in [-0.2, 0) is 11.3 Å². The molecule has 2 radical (unpaired) electrons. The third kappa shape index (κ3) is 0.406. The van der Waals surface area contributed by atoms with Gasteiger partial charge in [-0.15, -0.1) is 0 Å². The average molecular weight is 107 g/mol. The van der Waals surface area contributed by atoms with Gasteiger partial charge in [-0.3, -0.25) is 0 Å². The van der Waals surface area contributed by atoms with Crippen LogP contribution < -0.4 is 0 Å². The lowest BCUT2D eigenvalue weighted by Gasteiger charge is -1.84. The Labute approximate surface area is 47.7 Å². The number of nitrogens with zero attached hydrogens (tertiary/aromatic N) is 1. The number of ether oxygens (including phenoxy) is 1.